The van der Waals surface area contributed by atoms with Crippen LogP contribution in [0.3, 0.4) is 0 Å². The smallest absolute Gasteiger partial charge is 0.359 e. The van der Waals surface area contributed by atoms with Crippen LogP contribution in [0.4, 0.5) is 5.82 Å². The van der Waals surface area contributed by atoms with Crippen LogP contribution < -0.4 is 10.9 Å². The number of nitrogens with zero attached hydrogens (tertiary/aromatic N) is 3. The Labute approximate surface area is 244 Å². The molecule has 1 saturated carbocycles. The molecule has 2 aliphatic rings. The van der Waals surface area contributed by atoms with Crippen molar-refractivity contribution >= 4 is 17.8 Å². The van der Waals surface area contributed by atoms with Crippen molar-refractivity contribution in [2.75, 3.05) is 18.5 Å². The quantitative estimate of drug-likeness (QED) is 0.292. The maximum atomic E-state index is 13.6. The topological polar surface area (TPSA) is 134 Å². The van der Waals surface area contributed by atoms with Gasteiger partial charge < -0.3 is 20.4 Å². The Morgan fingerprint density at radius 1 is 1.17 bits per heavy atom. The third kappa shape index (κ3) is 6.24. The fourth-order valence-electron chi connectivity index (χ4n) is 6.11. The second-order valence-electron chi connectivity index (χ2n) is 11.3. The Hall–Kier alpha value is -4.02. The van der Waals surface area contributed by atoms with Gasteiger partial charge in [0.25, 0.3) is 5.56 Å². The van der Waals surface area contributed by atoms with Crippen LogP contribution in [0.5, 0.6) is 0 Å². The number of hydroxylamine groups is 2. The minimum Gasteiger partial charge on any atom is -0.480 e. The van der Waals surface area contributed by atoms with Gasteiger partial charge in [0.2, 0.25) is 0 Å². The van der Waals surface area contributed by atoms with E-state index < -0.39 is 18.0 Å². The van der Waals surface area contributed by atoms with Crippen LogP contribution in [0.15, 0.2) is 53.3 Å². The van der Waals surface area contributed by atoms with E-state index >= 15 is 0 Å². The number of anilines is 1. The molecule has 1 aliphatic heterocycles. The van der Waals surface area contributed by atoms with Crippen LogP contribution in [-0.4, -0.2) is 62.0 Å². The summed E-state index contributed by atoms with van der Waals surface area (Å²) < 4.78 is 1.44. The summed E-state index contributed by atoms with van der Waals surface area (Å²) in [5.41, 5.74) is 3.67. The summed E-state index contributed by atoms with van der Waals surface area (Å²) in [6, 6.07) is 13.1. The first kappa shape index (κ1) is 29.5. The second kappa shape index (κ2) is 12.9. The van der Waals surface area contributed by atoms with Gasteiger partial charge in [0.05, 0.1) is 5.56 Å². The number of hydrogen-bond donors (Lipinski definition) is 3. The number of aliphatic carboxylic acids is 1. The SMILES string of the molecule is Cc1cc(=O)n(-c2ccccc2)c(C)c1C(=O)ON(C1CC(CCc2ccc3c(n2)NCCC3)C1)[C@@H](CCO)C(=O)O. The van der Waals surface area contributed by atoms with E-state index in [1.807, 2.05) is 6.07 Å². The number of aliphatic hydroxyl groups is 1. The molecule has 3 aromatic rings. The average Bonchev–Trinajstić information content (AvgIpc) is 2.94. The van der Waals surface area contributed by atoms with Crippen molar-refractivity contribution in [2.45, 2.75) is 70.9 Å². The number of para-hydroxylation sites is 1. The number of hydrogen-bond acceptors (Lipinski definition) is 8. The van der Waals surface area contributed by atoms with Gasteiger partial charge in [-0.2, -0.15) is 0 Å². The first-order valence-corrected chi connectivity index (χ1v) is 14.6. The van der Waals surface area contributed by atoms with Gasteiger partial charge in [-0.1, -0.05) is 24.3 Å². The number of pyridine rings is 2. The highest BCUT2D eigenvalue weighted by atomic mass is 16.7. The van der Waals surface area contributed by atoms with Crippen LogP contribution in [0.2, 0.25) is 0 Å². The summed E-state index contributed by atoms with van der Waals surface area (Å²) >= 11 is 0. The van der Waals surface area contributed by atoms with Crippen molar-refractivity contribution in [3.63, 3.8) is 0 Å². The van der Waals surface area contributed by atoms with E-state index in [1.165, 1.54) is 21.3 Å². The maximum absolute atomic E-state index is 13.6. The lowest BCUT2D eigenvalue weighted by molar-refractivity contribution is -0.204. The highest BCUT2D eigenvalue weighted by Crippen LogP contribution is 2.37. The van der Waals surface area contributed by atoms with E-state index in [-0.39, 0.29) is 30.2 Å². The van der Waals surface area contributed by atoms with Crippen LogP contribution in [0, 0.1) is 19.8 Å². The molecule has 0 saturated heterocycles. The summed E-state index contributed by atoms with van der Waals surface area (Å²) in [5, 5.41) is 24.2. The first-order chi connectivity index (χ1) is 20.3. The van der Waals surface area contributed by atoms with E-state index in [4.69, 9.17) is 9.82 Å². The molecule has 3 heterocycles. The molecule has 1 aromatic carbocycles. The first-order valence-electron chi connectivity index (χ1n) is 14.6. The van der Waals surface area contributed by atoms with Crippen LogP contribution in [-0.2, 0) is 22.5 Å². The number of aliphatic hydroxyl groups excluding tert-OH is 1. The zero-order chi connectivity index (χ0) is 29.8. The highest BCUT2D eigenvalue weighted by molar-refractivity contribution is 5.92. The van der Waals surface area contributed by atoms with Crippen molar-refractivity contribution in [3.8, 4) is 5.69 Å². The monoisotopic (exact) mass is 574 g/mol. The largest absolute Gasteiger partial charge is 0.480 e. The number of fused-ring (bicyclic) bond motifs is 1. The maximum Gasteiger partial charge on any atom is 0.359 e. The predicted molar refractivity (Wildman–Crippen MR) is 158 cm³/mol. The Bertz CT molecular complexity index is 1500. The lowest BCUT2D eigenvalue weighted by atomic mass is 9.76. The van der Waals surface area contributed by atoms with Crippen molar-refractivity contribution in [2.24, 2.45) is 5.92 Å². The van der Waals surface area contributed by atoms with E-state index in [2.05, 4.69) is 17.4 Å². The number of nitrogens with one attached hydrogen (secondary N) is 1. The van der Waals surface area contributed by atoms with Crippen LogP contribution in [0.25, 0.3) is 5.69 Å². The molecule has 10 heteroatoms. The van der Waals surface area contributed by atoms with Gasteiger partial charge in [-0.25, -0.2) is 9.78 Å². The summed E-state index contributed by atoms with van der Waals surface area (Å²) in [6.45, 7) is 3.91. The van der Waals surface area contributed by atoms with Crippen LogP contribution >= 0.6 is 0 Å². The number of aromatic nitrogens is 2. The molecule has 0 unspecified atom stereocenters. The number of aryl methyl sites for hydroxylation is 3. The summed E-state index contributed by atoms with van der Waals surface area (Å²) in [6.07, 6.45) is 5.09. The zero-order valence-electron chi connectivity index (χ0n) is 24.1. The molecule has 0 radical (unpaired) electrons. The van der Waals surface area contributed by atoms with Crippen molar-refractivity contribution in [1.82, 2.24) is 14.6 Å². The van der Waals surface area contributed by atoms with Gasteiger partial charge in [0.15, 0.2) is 0 Å². The Morgan fingerprint density at radius 2 is 1.93 bits per heavy atom. The second-order valence-corrected chi connectivity index (χ2v) is 11.3. The van der Waals surface area contributed by atoms with Crippen molar-refractivity contribution in [1.29, 1.82) is 0 Å². The molecule has 1 fully saturated rings. The van der Waals surface area contributed by atoms with Crippen LogP contribution in [0.1, 0.15) is 65.0 Å². The fourth-order valence-corrected chi connectivity index (χ4v) is 6.11. The number of carboxylic acids is 1. The van der Waals surface area contributed by atoms with Gasteiger partial charge in [0, 0.05) is 42.3 Å². The molecule has 0 spiro atoms. The number of benzene rings is 1. The van der Waals surface area contributed by atoms with Crippen molar-refractivity contribution in [3.05, 3.63) is 87.0 Å². The average molecular weight is 575 g/mol. The van der Waals surface area contributed by atoms with E-state index in [0.29, 0.717) is 35.7 Å². The third-order valence-electron chi connectivity index (χ3n) is 8.38. The molecule has 10 nitrogen and oxygen atoms in total. The Balaban J connectivity index is 1.31. The molecule has 2 aromatic heterocycles. The van der Waals surface area contributed by atoms with Gasteiger partial charge in [0.1, 0.15) is 11.9 Å². The molecule has 3 N–H and O–H groups in total. The molecule has 0 amide bonds. The lowest BCUT2D eigenvalue weighted by Crippen LogP contribution is -2.53. The molecule has 42 heavy (non-hydrogen) atoms. The molecule has 222 valence electrons. The predicted octanol–water partition coefficient (Wildman–Crippen LogP) is 3.83. The normalized spacial score (nSPS) is 18.5. The van der Waals surface area contributed by atoms with Gasteiger partial charge in [-0.3, -0.25) is 14.2 Å². The molecule has 1 aliphatic carbocycles. The standard InChI is InChI=1S/C32H38N4O6/c1-20-17-28(38)35(25-8-4-3-5-9-25)21(2)29(20)32(41)42-36(27(14-16-37)31(39)40)26-18-22(19-26)10-12-24-13-11-23-7-6-15-33-30(23)34-24/h3-5,8-9,11,13,17,22,26-27,37H,6-7,10,12,14-16,18-19H2,1-2H3,(H,33,34)(H,39,40)/t22?,26?,27-/m0/s1. The number of carboxylic acid groups (broad SMARTS) is 1. The zero-order valence-corrected chi connectivity index (χ0v) is 24.1. The molecule has 0 bridgehead atoms. The molecule has 5 rings (SSSR count). The Kier molecular flexibility index (Phi) is 9.03. The summed E-state index contributed by atoms with van der Waals surface area (Å²) in [5.74, 6) is -0.600. The third-order valence-corrected chi connectivity index (χ3v) is 8.38. The lowest BCUT2D eigenvalue weighted by Gasteiger charge is -2.43. The van der Waals surface area contributed by atoms with Gasteiger partial charge >= 0.3 is 11.9 Å². The van der Waals surface area contributed by atoms with E-state index in [1.54, 1.807) is 38.1 Å². The minimum absolute atomic E-state index is 0.0860. The molecular weight excluding hydrogens is 536 g/mol. The minimum atomic E-state index is -1.20. The van der Waals surface area contributed by atoms with Crippen molar-refractivity contribution < 1.29 is 24.6 Å². The van der Waals surface area contributed by atoms with Gasteiger partial charge in [-0.05, 0) is 94.0 Å². The fraction of sp³-hybridized carbons (Fsp3) is 0.438. The van der Waals surface area contributed by atoms with Gasteiger partial charge in [-0.15, -0.1) is 5.06 Å². The summed E-state index contributed by atoms with van der Waals surface area (Å²) in [4.78, 5) is 49.3. The summed E-state index contributed by atoms with van der Waals surface area (Å²) in [7, 11) is 0. The molecule has 1 atom stereocenters. The highest BCUT2D eigenvalue weighted by Gasteiger charge is 2.42. The Morgan fingerprint density at radius 3 is 2.64 bits per heavy atom. The van der Waals surface area contributed by atoms with E-state index in [0.717, 1.165) is 43.7 Å². The number of carbonyl (C=O) groups is 2. The number of rotatable bonds is 11. The molecular formula is C32H38N4O6. The van der Waals surface area contributed by atoms with E-state index in [9.17, 15) is 24.6 Å². The number of carbonyl (C=O) groups excluding carboxylic acids is 1.